The normalized spacial score (nSPS) is 12.5. The summed E-state index contributed by atoms with van der Waals surface area (Å²) in [6.45, 7) is 3.69. The third kappa shape index (κ3) is 3.54. The summed E-state index contributed by atoms with van der Waals surface area (Å²) < 4.78 is 6.55. The highest BCUT2D eigenvalue weighted by Gasteiger charge is 2.20. The van der Waals surface area contributed by atoms with Crippen LogP contribution in [0.4, 0.5) is 0 Å². The first-order chi connectivity index (χ1) is 13.8. The smallest absolute Gasteiger partial charge is 0.284 e. The molecule has 0 fully saturated rings. The number of primary amides is 1. The topological polar surface area (TPSA) is 155 Å². The molecule has 0 bridgehead atoms. The molecule has 0 aliphatic rings. The molecule has 0 unspecified atom stereocenters. The van der Waals surface area contributed by atoms with Crippen molar-refractivity contribution in [3.05, 3.63) is 55.7 Å². The molecule has 1 amide bonds. The van der Waals surface area contributed by atoms with E-state index in [1.807, 2.05) is 19.1 Å². The van der Waals surface area contributed by atoms with Crippen molar-refractivity contribution in [2.24, 2.45) is 5.73 Å². The van der Waals surface area contributed by atoms with E-state index in [4.69, 9.17) is 10.2 Å². The van der Waals surface area contributed by atoms with Gasteiger partial charge >= 0.3 is 0 Å². The summed E-state index contributed by atoms with van der Waals surface area (Å²) in [6.07, 6.45) is 0.528. The number of rotatable bonds is 6. The van der Waals surface area contributed by atoms with E-state index in [1.54, 1.807) is 6.92 Å². The van der Waals surface area contributed by atoms with Gasteiger partial charge in [-0.15, -0.1) is 21.5 Å². The van der Waals surface area contributed by atoms with Gasteiger partial charge in [0.25, 0.3) is 11.5 Å². The number of nitrogens with two attached hydrogens (primary N) is 1. The molecule has 11 nitrogen and oxygen atoms in total. The van der Waals surface area contributed by atoms with Gasteiger partial charge in [-0.25, -0.2) is 4.98 Å². The van der Waals surface area contributed by atoms with Crippen LogP contribution in [0.2, 0.25) is 0 Å². The van der Waals surface area contributed by atoms with E-state index in [-0.39, 0.29) is 35.8 Å². The molecule has 0 aliphatic carbocycles. The zero-order valence-electron chi connectivity index (χ0n) is 15.6. The Bertz CT molecular complexity index is 1270. The molecule has 1 atom stereocenters. The first-order valence-electron chi connectivity index (χ1n) is 8.63. The van der Waals surface area contributed by atoms with Gasteiger partial charge in [-0.1, -0.05) is 0 Å². The molecule has 4 aromatic heterocycles. The number of nitrogens with zero attached hydrogens (tertiary/aromatic N) is 6. The lowest BCUT2D eigenvalue weighted by Crippen LogP contribution is -2.22. The fourth-order valence-corrected chi connectivity index (χ4v) is 3.81. The Labute approximate surface area is 167 Å². The number of amides is 1. The SMILES string of the molecule is Cc1ccc([C@@H](O)Cn2nnc(Cn3cnc4oc(C(N)=O)c(C)c4c3=O)n2)s1. The Morgan fingerprint density at radius 3 is 2.86 bits per heavy atom. The second kappa shape index (κ2) is 7.22. The van der Waals surface area contributed by atoms with Crippen LogP contribution in [0, 0.1) is 13.8 Å². The summed E-state index contributed by atoms with van der Waals surface area (Å²) in [5.41, 5.74) is 5.23. The van der Waals surface area contributed by atoms with Crippen molar-refractivity contribution in [1.82, 2.24) is 29.8 Å². The maximum atomic E-state index is 12.8. The Morgan fingerprint density at radius 1 is 1.38 bits per heavy atom. The molecule has 4 aromatic rings. The zero-order chi connectivity index (χ0) is 20.7. The summed E-state index contributed by atoms with van der Waals surface area (Å²) in [4.78, 5) is 31.4. The van der Waals surface area contributed by atoms with Crippen molar-refractivity contribution in [2.75, 3.05) is 0 Å². The third-order valence-electron chi connectivity index (χ3n) is 4.37. The first-order valence-corrected chi connectivity index (χ1v) is 9.44. The number of hydrogen-bond acceptors (Lipinski definition) is 9. The molecule has 0 aromatic carbocycles. The van der Waals surface area contributed by atoms with Gasteiger partial charge in [0, 0.05) is 15.3 Å². The molecule has 150 valence electrons. The second-order valence-electron chi connectivity index (χ2n) is 6.50. The number of aliphatic hydroxyl groups excluding tert-OH is 1. The number of aryl methyl sites for hydroxylation is 2. The Balaban J connectivity index is 1.56. The van der Waals surface area contributed by atoms with Gasteiger partial charge in [0.05, 0.1) is 13.1 Å². The van der Waals surface area contributed by atoms with Crippen LogP contribution < -0.4 is 11.3 Å². The van der Waals surface area contributed by atoms with E-state index < -0.39 is 17.6 Å². The highest BCUT2D eigenvalue weighted by molar-refractivity contribution is 7.12. The van der Waals surface area contributed by atoms with Crippen LogP contribution >= 0.6 is 11.3 Å². The maximum Gasteiger partial charge on any atom is 0.284 e. The van der Waals surface area contributed by atoms with Gasteiger partial charge in [-0.2, -0.15) is 4.80 Å². The van der Waals surface area contributed by atoms with Crippen molar-refractivity contribution >= 4 is 28.3 Å². The molecule has 0 aliphatic heterocycles. The number of aromatic nitrogens is 6. The molecule has 29 heavy (non-hydrogen) atoms. The molecule has 4 rings (SSSR count). The van der Waals surface area contributed by atoms with Crippen LogP contribution in [-0.2, 0) is 13.1 Å². The molecular weight excluding hydrogens is 398 g/mol. The average molecular weight is 415 g/mol. The van der Waals surface area contributed by atoms with Crippen LogP contribution in [-0.4, -0.2) is 40.8 Å². The van der Waals surface area contributed by atoms with Crippen LogP contribution in [0.3, 0.4) is 0 Å². The Morgan fingerprint density at radius 2 is 2.17 bits per heavy atom. The molecule has 3 N–H and O–H groups in total. The number of furan rings is 1. The van der Waals surface area contributed by atoms with Gasteiger partial charge in [0.15, 0.2) is 11.6 Å². The number of tetrazole rings is 1. The van der Waals surface area contributed by atoms with Gasteiger partial charge < -0.3 is 15.3 Å². The predicted molar refractivity (Wildman–Crippen MR) is 102 cm³/mol. The molecule has 4 heterocycles. The second-order valence-corrected chi connectivity index (χ2v) is 7.82. The highest BCUT2D eigenvalue weighted by Crippen LogP contribution is 2.23. The van der Waals surface area contributed by atoms with E-state index in [2.05, 4.69) is 20.4 Å². The van der Waals surface area contributed by atoms with Crippen molar-refractivity contribution in [1.29, 1.82) is 0 Å². The average Bonchev–Trinajstić information content (AvgIpc) is 3.37. The van der Waals surface area contributed by atoms with Crippen molar-refractivity contribution < 1.29 is 14.3 Å². The van der Waals surface area contributed by atoms with Crippen molar-refractivity contribution in [3.8, 4) is 0 Å². The standard InChI is InChI=1S/C17H17N7O4S/c1-8-3-4-11(29-8)10(25)5-24-21-12(20-22-24)6-23-7-19-16-13(17(23)27)9(2)14(28-16)15(18)26/h3-4,7,10,25H,5-6H2,1-2H3,(H2,18,26)/t10-/m0/s1. The van der Waals surface area contributed by atoms with Crippen molar-refractivity contribution in [3.63, 3.8) is 0 Å². The summed E-state index contributed by atoms with van der Waals surface area (Å²) in [7, 11) is 0. The minimum atomic E-state index is -0.768. The number of fused-ring (bicyclic) bond motifs is 1. The fraction of sp³-hybridized carbons (Fsp3) is 0.294. The van der Waals surface area contributed by atoms with Gasteiger partial charge in [-0.3, -0.25) is 14.2 Å². The molecule has 0 radical (unpaired) electrons. The minimum absolute atomic E-state index is 0.0203. The van der Waals surface area contributed by atoms with Crippen LogP contribution in [0.5, 0.6) is 0 Å². The van der Waals surface area contributed by atoms with E-state index in [0.29, 0.717) is 5.56 Å². The van der Waals surface area contributed by atoms with E-state index in [0.717, 1.165) is 9.75 Å². The van der Waals surface area contributed by atoms with Crippen LogP contribution in [0.25, 0.3) is 11.1 Å². The number of thiophene rings is 1. The summed E-state index contributed by atoms with van der Waals surface area (Å²) in [5, 5.41) is 22.5. The monoisotopic (exact) mass is 415 g/mol. The zero-order valence-corrected chi connectivity index (χ0v) is 16.4. The van der Waals surface area contributed by atoms with E-state index in [9.17, 15) is 14.7 Å². The van der Waals surface area contributed by atoms with Gasteiger partial charge in [0.1, 0.15) is 17.8 Å². The van der Waals surface area contributed by atoms with Gasteiger partial charge in [-0.05, 0) is 31.2 Å². The number of carbonyl (C=O) groups excluding carboxylic acids is 1. The lowest BCUT2D eigenvalue weighted by Gasteiger charge is -2.06. The lowest BCUT2D eigenvalue weighted by atomic mass is 10.2. The molecule has 12 heteroatoms. The summed E-state index contributed by atoms with van der Waals surface area (Å²) >= 11 is 1.50. The minimum Gasteiger partial charge on any atom is -0.432 e. The summed E-state index contributed by atoms with van der Waals surface area (Å²) in [6, 6.07) is 3.79. The summed E-state index contributed by atoms with van der Waals surface area (Å²) in [5.74, 6) is -0.584. The van der Waals surface area contributed by atoms with E-state index in [1.165, 1.54) is 27.0 Å². The maximum absolute atomic E-state index is 12.8. The molecule has 0 saturated heterocycles. The molecule has 0 spiro atoms. The quantitative estimate of drug-likeness (QED) is 0.462. The number of hydrogen-bond donors (Lipinski definition) is 2. The highest BCUT2D eigenvalue weighted by atomic mass is 32.1. The Hall–Kier alpha value is -3.38. The number of carbonyl (C=O) groups is 1. The third-order valence-corrected chi connectivity index (χ3v) is 5.47. The van der Waals surface area contributed by atoms with Crippen LogP contribution in [0.1, 0.15) is 37.8 Å². The van der Waals surface area contributed by atoms with Gasteiger partial charge in [0.2, 0.25) is 5.71 Å². The predicted octanol–water partition coefficient (Wildman–Crippen LogP) is 0.535. The number of aliphatic hydroxyl groups is 1. The fourth-order valence-electron chi connectivity index (χ4n) is 2.95. The first kappa shape index (κ1) is 19.0. The Kier molecular flexibility index (Phi) is 4.72. The molecule has 0 saturated carbocycles. The van der Waals surface area contributed by atoms with E-state index >= 15 is 0 Å². The van der Waals surface area contributed by atoms with Crippen molar-refractivity contribution in [2.45, 2.75) is 33.0 Å². The van der Waals surface area contributed by atoms with Crippen LogP contribution in [0.15, 0.2) is 27.7 Å². The largest absolute Gasteiger partial charge is 0.432 e. The lowest BCUT2D eigenvalue weighted by molar-refractivity contribution is 0.0975. The molecular formula is C17H17N7O4S.